The van der Waals surface area contributed by atoms with Crippen LogP contribution in [0.3, 0.4) is 0 Å². The quantitative estimate of drug-likeness (QED) is 0.311. The van der Waals surface area contributed by atoms with E-state index < -0.39 is 29.0 Å². The highest BCUT2D eigenvalue weighted by atomic mass is 16.6. The van der Waals surface area contributed by atoms with Crippen molar-refractivity contribution in [2.24, 2.45) is 0 Å². The third-order valence-electron chi connectivity index (χ3n) is 3.89. The third-order valence-corrected chi connectivity index (χ3v) is 3.89. The number of anilines is 1. The Balaban J connectivity index is 1.66. The number of para-hydroxylation sites is 1. The molecule has 0 atom stereocenters. The molecule has 0 saturated carbocycles. The van der Waals surface area contributed by atoms with Crippen molar-refractivity contribution in [2.75, 3.05) is 11.9 Å². The minimum atomic E-state index is -0.991. The second-order valence-corrected chi connectivity index (χ2v) is 5.87. The fraction of sp³-hybridized carbons (Fsp3) is 0.105. The van der Waals surface area contributed by atoms with Gasteiger partial charge in [0.2, 0.25) is 0 Å². The Morgan fingerprint density at radius 2 is 1.93 bits per heavy atom. The Morgan fingerprint density at radius 1 is 1.18 bits per heavy atom. The summed E-state index contributed by atoms with van der Waals surface area (Å²) in [4.78, 5) is 46.2. The van der Waals surface area contributed by atoms with Crippen LogP contribution < -0.4 is 10.9 Å². The number of carbonyl (C=O) groups is 2. The van der Waals surface area contributed by atoms with Gasteiger partial charge in [-0.3, -0.25) is 14.9 Å². The smallest absolute Gasteiger partial charge is 0.351 e. The molecule has 0 aliphatic rings. The maximum Gasteiger partial charge on any atom is 0.351 e. The lowest BCUT2D eigenvalue weighted by molar-refractivity contribution is -0.384. The summed E-state index contributed by atoms with van der Waals surface area (Å²) in [7, 11) is 0. The van der Waals surface area contributed by atoms with E-state index in [2.05, 4.69) is 5.32 Å². The van der Waals surface area contributed by atoms with Crippen molar-refractivity contribution in [2.45, 2.75) is 6.92 Å². The Labute approximate surface area is 157 Å². The van der Waals surface area contributed by atoms with Crippen LogP contribution in [0.25, 0.3) is 11.0 Å². The van der Waals surface area contributed by atoms with Gasteiger partial charge in [0.15, 0.2) is 6.61 Å². The Morgan fingerprint density at radius 3 is 2.64 bits per heavy atom. The fourth-order valence-corrected chi connectivity index (χ4v) is 2.50. The van der Waals surface area contributed by atoms with Gasteiger partial charge in [-0.1, -0.05) is 18.2 Å². The first-order chi connectivity index (χ1) is 13.3. The molecule has 1 aromatic heterocycles. The zero-order valence-electron chi connectivity index (χ0n) is 14.6. The van der Waals surface area contributed by atoms with Gasteiger partial charge in [0.05, 0.1) is 4.92 Å². The van der Waals surface area contributed by atoms with Gasteiger partial charge in [-0.15, -0.1) is 0 Å². The summed E-state index contributed by atoms with van der Waals surface area (Å²) in [5, 5.41) is 13.8. The lowest BCUT2D eigenvalue weighted by Crippen LogP contribution is -2.23. The molecule has 3 aromatic rings. The molecule has 1 N–H and O–H groups in total. The van der Waals surface area contributed by atoms with E-state index in [0.717, 1.165) is 0 Å². The molecule has 28 heavy (non-hydrogen) atoms. The van der Waals surface area contributed by atoms with Crippen molar-refractivity contribution in [3.8, 4) is 0 Å². The van der Waals surface area contributed by atoms with Crippen molar-refractivity contribution >= 4 is 34.2 Å². The summed E-state index contributed by atoms with van der Waals surface area (Å²) in [5.74, 6) is -1.65. The number of esters is 1. The molecule has 9 nitrogen and oxygen atoms in total. The monoisotopic (exact) mass is 382 g/mol. The van der Waals surface area contributed by atoms with Crippen molar-refractivity contribution in [3.05, 3.63) is 80.2 Å². The van der Waals surface area contributed by atoms with E-state index in [4.69, 9.17) is 9.15 Å². The third kappa shape index (κ3) is 4.04. The molecule has 142 valence electrons. The van der Waals surface area contributed by atoms with Crippen LogP contribution in [0.15, 0.2) is 57.7 Å². The molecule has 1 amide bonds. The number of rotatable bonds is 5. The molecule has 0 bridgehead atoms. The lowest BCUT2D eigenvalue weighted by Gasteiger charge is -2.09. The average Bonchev–Trinajstić information content (AvgIpc) is 2.67. The molecule has 0 aliphatic heterocycles. The molecule has 9 heteroatoms. The van der Waals surface area contributed by atoms with E-state index in [9.17, 15) is 24.5 Å². The minimum Gasteiger partial charge on any atom is -0.452 e. The van der Waals surface area contributed by atoms with Crippen LogP contribution in [-0.2, 0) is 9.53 Å². The molecule has 0 unspecified atom stereocenters. The fourth-order valence-electron chi connectivity index (χ4n) is 2.50. The highest BCUT2D eigenvalue weighted by molar-refractivity contribution is 5.97. The number of nitrogens with zero attached hydrogens (tertiary/aromatic N) is 1. The summed E-state index contributed by atoms with van der Waals surface area (Å²) in [6, 6.07) is 11.9. The second kappa shape index (κ2) is 7.70. The standard InChI is InChI=1S/C19H14N2O7/c1-11-8-13(21(25)26)6-7-15(11)20-17(22)10-27-18(23)14-9-12-4-2-3-5-16(12)28-19(14)24/h2-9H,10H2,1H3,(H,20,22). The molecule has 0 spiro atoms. The molecule has 2 aromatic carbocycles. The number of amides is 1. The Kier molecular flexibility index (Phi) is 5.16. The highest BCUT2D eigenvalue weighted by Crippen LogP contribution is 2.21. The zero-order chi connectivity index (χ0) is 20.3. The lowest BCUT2D eigenvalue weighted by atomic mass is 10.2. The summed E-state index contributed by atoms with van der Waals surface area (Å²) in [6.45, 7) is 0.955. The van der Waals surface area contributed by atoms with E-state index >= 15 is 0 Å². The van der Waals surface area contributed by atoms with Gasteiger partial charge >= 0.3 is 11.6 Å². The van der Waals surface area contributed by atoms with Crippen LogP contribution in [-0.4, -0.2) is 23.4 Å². The van der Waals surface area contributed by atoms with Crippen LogP contribution >= 0.6 is 0 Å². The number of fused-ring (bicyclic) bond motifs is 1. The van der Waals surface area contributed by atoms with Gasteiger partial charge in [-0.05, 0) is 30.7 Å². The molecule has 0 fully saturated rings. The first kappa shape index (κ1) is 18.8. The summed E-state index contributed by atoms with van der Waals surface area (Å²) in [6.07, 6.45) is 0. The molecule has 0 aliphatic carbocycles. The minimum absolute atomic E-state index is 0.107. The van der Waals surface area contributed by atoms with Crippen LogP contribution in [0.5, 0.6) is 0 Å². The number of nitro groups is 1. The number of non-ortho nitro benzene ring substituents is 1. The number of hydrogen-bond donors (Lipinski definition) is 1. The van der Waals surface area contributed by atoms with Gasteiger partial charge in [0.1, 0.15) is 11.1 Å². The van der Waals surface area contributed by atoms with E-state index in [-0.39, 0.29) is 11.3 Å². The van der Waals surface area contributed by atoms with Crippen molar-refractivity contribution in [3.63, 3.8) is 0 Å². The maximum atomic E-state index is 12.1. The van der Waals surface area contributed by atoms with Gasteiger partial charge < -0.3 is 14.5 Å². The van der Waals surface area contributed by atoms with Gasteiger partial charge in [-0.25, -0.2) is 9.59 Å². The Hall–Kier alpha value is -4.01. The predicted octanol–water partition coefficient (Wildman–Crippen LogP) is 2.81. The Bertz CT molecular complexity index is 1150. The molecule has 3 rings (SSSR count). The SMILES string of the molecule is Cc1cc([N+](=O)[O-])ccc1NC(=O)COC(=O)c1cc2ccccc2oc1=O. The molecule has 1 heterocycles. The highest BCUT2D eigenvalue weighted by Gasteiger charge is 2.17. The zero-order valence-corrected chi connectivity index (χ0v) is 14.6. The molecular formula is C19H14N2O7. The largest absolute Gasteiger partial charge is 0.452 e. The van der Waals surface area contributed by atoms with Crippen LogP contribution in [0.2, 0.25) is 0 Å². The van der Waals surface area contributed by atoms with E-state index in [1.165, 1.54) is 24.3 Å². The van der Waals surface area contributed by atoms with E-state index in [1.54, 1.807) is 31.2 Å². The number of hydrogen-bond acceptors (Lipinski definition) is 7. The van der Waals surface area contributed by atoms with Crippen LogP contribution in [0.1, 0.15) is 15.9 Å². The second-order valence-electron chi connectivity index (χ2n) is 5.87. The summed E-state index contributed by atoms with van der Waals surface area (Å²) < 4.78 is 9.93. The number of nitrogens with one attached hydrogen (secondary N) is 1. The number of nitro benzene ring substituents is 1. The summed E-state index contributed by atoms with van der Waals surface area (Å²) in [5.41, 5.74) is -0.144. The van der Waals surface area contributed by atoms with Crippen LogP contribution in [0, 0.1) is 17.0 Å². The molecule has 0 saturated heterocycles. The number of aryl methyl sites for hydroxylation is 1. The average molecular weight is 382 g/mol. The van der Waals surface area contributed by atoms with Crippen LogP contribution in [0.4, 0.5) is 11.4 Å². The first-order valence-electron chi connectivity index (χ1n) is 8.10. The first-order valence-corrected chi connectivity index (χ1v) is 8.10. The van der Waals surface area contributed by atoms with E-state index in [0.29, 0.717) is 22.2 Å². The molecular weight excluding hydrogens is 368 g/mol. The maximum absolute atomic E-state index is 12.1. The van der Waals surface area contributed by atoms with Crippen molar-refractivity contribution < 1.29 is 23.7 Å². The summed E-state index contributed by atoms with van der Waals surface area (Å²) >= 11 is 0. The number of carbonyl (C=O) groups excluding carboxylic acids is 2. The topological polar surface area (TPSA) is 129 Å². The van der Waals surface area contributed by atoms with Crippen molar-refractivity contribution in [1.29, 1.82) is 0 Å². The normalized spacial score (nSPS) is 10.5. The van der Waals surface area contributed by atoms with Crippen molar-refractivity contribution in [1.82, 2.24) is 0 Å². The van der Waals surface area contributed by atoms with Gasteiger partial charge in [0.25, 0.3) is 11.6 Å². The van der Waals surface area contributed by atoms with Gasteiger partial charge in [-0.2, -0.15) is 0 Å². The molecule has 0 radical (unpaired) electrons. The van der Waals surface area contributed by atoms with E-state index in [1.807, 2.05) is 0 Å². The van der Waals surface area contributed by atoms with Gasteiger partial charge in [0, 0.05) is 23.2 Å². The predicted molar refractivity (Wildman–Crippen MR) is 99.2 cm³/mol. The number of benzene rings is 2. The number of ether oxygens (including phenoxy) is 1.